The summed E-state index contributed by atoms with van der Waals surface area (Å²) in [5.74, 6) is -1.15. The molecule has 1 nitrogen and oxygen atoms in total. The number of hydrogen-bond donors (Lipinski definition) is 1. The van der Waals surface area contributed by atoms with Gasteiger partial charge in [0.15, 0.2) is 0 Å². The van der Waals surface area contributed by atoms with E-state index >= 15 is 0 Å². The van der Waals surface area contributed by atoms with E-state index in [1.165, 1.54) is 18.4 Å². The molecule has 1 aromatic carbocycles. The molecule has 1 aliphatic carbocycles. The molecule has 1 fully saturated rings. The first-order chi connectivity index (χ1) is 9.99. The molecule has 0 aromatic heterocycles. The van der Waals surface area contributed by atoms with E-state index in [1.54, 1.807) is 0 Å². The molecule has 0 amide bonds. The summed E-state index contributed by atoms with van der Waals surface area (Å²) >= 11 is 0. The Morgan fingerprint density at radius 2 is 1.86 bits per heavy atom. The van der Waals surface area contributed by atoms with Gasteiger partial charge < -0.3 is 5.32 Å². The minimum atomic E-state index is -4.05. The van der Waals surface area contributed by atoms with Crippen LogP contribution in [0.1, 0.15) is 51.0 Å². The molecule has 1 saturated carbocycles. The van der Waals surface area contributed by atoms with Crippen LogP contribution < -0.4 is 5.32 Å². The fourth-order valence-corrected chi connectivity index (χ4v) is 3.00. The SMILES string of the molecule is CCCCc1ccc(NC2CCCC(C(F)(F)F)C2)cc1. The van der Waals surface area contributed by atoms with E-state index in [4.69, 9.17) is 0 Å². The standard InChI is InChI=1S/C17H24F3N/c1-2-3-5-13-8-10-15(11-9-13)21-16-7-4-6-14(12-16)17(18,19)20/h8-11,14,16,21H,2-7,12H2,1H3. The summed E-state index contributed by atoms with van der Waals surface area (Å²) < 4.78 is 38.4. The second-order valence-corrected chi connectivity index (χ2v) is 6.05. The lowest BCUT2D eigenvalue weighted by Crippen LogP contribution is -2.34. The maximum atomic E-state index is 12.8. The quantitative estimate of drug-likeness (QED) is 0.750. The molecule has 1 aliphatic rings. The zero-order valence-corrected chi connectivity index (χ0v) is 12.5. The van der Waals surface area contributed by atoms with Crippen molar-refractivity contribution in [2.45, 2.75) is 64.1 Å². The molecule has 4 heteroatoms. The van der Waals surface area contributed by atoms with Gasteiger partial charge in [-0.25, -0.2) is 0 Å². The third-order valence-electron chi connectivity index (χ3n) is 4.28. The van der Waals surface area contributed by atoms with Crippen LogP contribution in [0.5, 0.6) is 0 Å². The summed E-state index contributed by atoms with van der Waals surface area (Å²) in [6.07, 6.45) is 1.30. The first kappa shape index (κ1) is 16.2. The molecule has 118 valence electrons. The van der Waals surface area contributed by atoms with Crippen molar-refractivity contribution < 1.29 is 13.2 Å². The van der Waals surface area contributed by atoms with Crippen LogP contribution in [0.2, 0.25) is 0 Å². The second kappa shape index (κ2) is 7.19. The number of hydrogen-bond acceptors (Lipinski definition) is 1. The molecule has 1 N–H and O–H groups in total. The summed E-state index contributed by atoms with van der Waals surface area (Å²) in [5, 5.41) is 3.27. The van der Waals surface area contributed by atoms with Gasteiger partial charge in [-0.2, -0.15) is 13.2 Å². The van der Waals surface area contributed by atoms with E-state index < -0.39 is 12.1 Å². The lowest BCUT2D eigenvalue weighted by atomic mass is 9.85. The third kappa shape index (κ3) is 4.94. The predicted octanol–water partition coefficient (Wildman–Crippen LogP) is 5.56. The van der Waals surface area contributed by atoms with Crippen LogP contribution in [0.25, 0.3) is 0 Å². The van der Waals surface area contributed by atoms with Crippen molar-refractivity contribution >= 4 is 5.69 Å². The molecule has 2 unspecified atom stereocenters. The largest absolute Gasteiger partial charge is 0.391 e. The third-order valence-corrected chi connectivity index (χ3v) is 4.28. The maximum absolute atomic E-state index is 12.8. The van der Waals surface area contributed by atoms with E-state index in [-0.39, 0.29) is 18.9 Å². The summed E-state index contributed by atoms with van der Waals surface area (Å²) in [7, 11) is 0. The first-order valence-corrected chi connectivity index (χ1v) is 7.91. The van der Waals surface area contributed by atoms with Crippen molar-refractivity contribution in [3.63, 3.8) is 0 Å². The van der Waals surface area contributed by atoms with Gasteiger partial charge in [-0.15, -0.1) is 0 Å². The number of unbranched alkanes of at least 4 members (excludes halogenated alkanes) is 1. The Hall–Kier alpha value is -1.19. The van der Waals surface area contributed by atoms with E-state index in [2.05, 4.69) is 24.4 Å². The lowest BCUT2D eigenvalue weighted by Gasteiger charge is -2.31. The fourth-order valence-electron chi connectivity index (χ4n) is 3.00. The van der Waals surface area contributed by atoms with Crippen molar-refractivity contribution in [3.8, 4) is 0 Å². The number of rotatable bonds is 5. The number of benzene rings is 1. The molecule has 2 rings (SSSR count). The monoisotopic (exact) mass is 299 g/mol. The Balaban J connectivity index is 1.89. The van der Waals surface area contributed by atoms with E-state index in [0.717, 1.165) is 18.5 Å². The molecule has 2 atom stereocenters. The Labute approximate surface area is 124 Å². The van der Waals surface area contributed by atoms with Gasteiger partial charge in [0, 0.05) is 11.7 Å². The first-order valence-electron chi connectivity index (χ1n) is 7.91. The highest BCUT2D eigenvalue weighted by molar-refractivity contribution is 5.45. The van der Waals surface area contributed by atoms with Gasteiger partial charge in [0.2, 0.25) is 0 Å². The zero-order chi connectivity index (χ0) is 15.3. The van der Waals surface area contributed by atoms with Gasteiger partial charge in [-0.05, 0) is 49.8 Å². The molecular formula is C17H24F3N. The summed E-state index contributed by atoms with van der Waals surface area (Å²) in [6, 6.07) is 8.06. The Morgan fingerprint density at radius 1 is 1.14 bits per heavy atom. The Bertz CT molecular complexity index is 425. The normalized spacial score (nSPS) is 23.0. The van der Waals surface area contributed by atoms with Crippen molar-refractivity contribution in [3.05, 3.63) is 29.8 Å². The topological polar surface area (TPSA) is 12.0 Å². The molecular weight excluding hydrogens is 275 g/mol. The average Bonchev–Trinajstić information content (AvgIpc) is 2.46. The van der Waals surface area contributed by atoms with Crippen molar-refractivity contribution in [2.24, 2.45) is 5.92 Å². The molecule has 0 heterocycles. The van der Waals surface area contributed by atoms with Crippen molar-refractivity contribution in [1.82, 2.24) is 0 Å². The fraction of sp³-hybridized carbons (Fsp3) is 0.647. The van der Waals surface area contributed by atoms with Crippen LogP contribution in [0.3, 0.4) is 0 Å². The van der Waals surface area contributed by atoms with Gasteiger partial charge in [0.1, 0.15) is 0 Å². The minimum absolute atomic E-state index is 0.0631. The zero-order valence-electron chi connectivity index (χ0n) is 12.5. The van der Waals surface area contributed by atoms with Gasteiger partial charge in [-0.1, -0.05) is 31.9 Å². The highest BCUT2D eigenvalue weighted by Gasteiger charge is 2.42. The van der Waals surface area contributed by atoms with Gasteiger partial charge in [0.25, 0.3) is 0 Å². The summed E-state index contributed by atoms with van der Waals surface area (Å²) in [6.45, 7) is 2.16. The molecule has 0 spiro atoms. The van der Waals surface area contributed by atoms with E-state index in [0.29, 0.717) is 6.42 Å². The number of anilines is 1. The number of nitrogens with one attached hydrogen (secondary N) is 1. The average molecular weight is 299 g/mol. The molecule has 0 radical (unpaired) electrons. The van der Waals surface area contributed by atoms with Crippen LogP contribution in [0.4, 0.5) is 18.9 Å². The van der Waals surface area contributed by atoms with Gasteiger partial charge in [0.05, 0.1) is 5.92 Å². The number of halogens is 3. The predicted molar refractivity (Wildman–Crippen MR) is 80.5 cm³/mol. The van der Waals surface area contributed by atoms with Gasteiger partial charge >= 0.3 is 6.18 Å². The summed E-state index contributed by atoms with van der Waals surface area (Å²) in [4.78, 5) is 0. The van der Waals surface area contributed by atoms with Crippen LogP contribution in [-0.2, 0) is 6.42 Å². The van der Waals surface area contributed by atoms with E-state index in [1.807, 2.05) is 12.1 Å². The van der Waals surface area contributed by atoms with Crippen LogP contribution in [0, 0.1) is 5.92 Å². The van der Waals surface area contributed by atoms with Crippen molar-refractivity contribution in [1.29, 1.82) is 0 Å². The maximum Gasteiger partial charge on any atom is 0.391 e. The number of alkyl halides is 3. The van der Waals surface area contributed by atoms with E-state index in [9.17, 15) is 13.2 Å². The summed E-state index contributed by atoms with van der Waals surface area (Å²) in [5.41, 5.74) is 2.22. The molecule has 0 saturated heterocycles. The molecule has 21 heavy (non-hydrogen) atoms. The highest BCUT2D eigenvalue weighted by atomic mass is 19.4. The molecule has 1 aromatic rings. The van der Waals surface area contributed by atoms with Crippen LogP contribution in [0.15, 0.2) is 24.3 Å². The molecule has 0 aliphatic heterocycles. The van der Waals surface area contributed by atoms with Crippen LogP contribution >= 0.6 is 0 Å². The van der Waals surface area contributed by atoms with Gasteiger partial charge in [-0.3, -0.25) is 0 Å². The number of aryl methyl sites for hydroxylation is 1. The molecule has 0 bridgehead atoms. The second-order valence-electron chi connectivity index (χ2n) is 6.05. The Kier molecular flexibility index (Phi) is 5.54. The van der Waals surface area contributed by atoms with Crippen molar-refractivity contribution in [2.75, 3.05) is 5.32 Å². The smallest absolute Gasteiger partial charge is 0.382 e. The Morgan fingerprint density at radius 3 is 2.48 bits per heavy atom. The minimum Gasteiger partial charge on any atom is -0.382 e. The highest BCUT2D eigenvalue weighted by Crippen LogP contribution is 2.38. The van der Waals surface area contributed by atoms with Crippen LogP contribution in [-0.4, -0.2) is 12.2 Å². The lowest BCUT2D eigenvalue weighted by molar-refractivity contribution is -0.182.